The van der Waals surface area contributed by atoms with Gasteiger partial charge in [0.25, 0.3) is 10.3 Å². The predicted molar refractivity (Wildman–Crippen MR) is 59.9 cm³/mol. The summed E-state index contributed by atoms with van der Waals surface area (Å²) in [6, 6.07) is -1.01. The zero-order valence-corrected chi connectivity index (χ0v) is 9.99. The molecule has 0 spiro atoms. The molecule has 0 aromatic rings. The molecular formula is C8H13N3O5S. The minimum absolute atomic E-state index is 0.191. The molecule has 9 heteroatoms. The van der Waals surface area contributed by atoms with Crippen molar-refractivity contribution in [3.05, 3.63) is 10.1 Å². The Labute approximate surface area is 102 Å². The van der Waals surface area contributed by atoms with Gasteiger partial charge < -0.3 is 15.5 Å². The zero-order chi connectivity index (χ0) is 12.8. The average molecular weight is 263 g/mol. The molecule has 2 atom stereocenters. The smallest absolute Gasteiger partial charge is 0.294 e. The minimum atomic E-state index is -0.901. The summed E-state index contributed by atoms with van der Waals surface area (Å²) in [6.45, 7) is 1.58. The molecule has 0 aliphatic carbocycles. The third-order valence-corrected chi connectivity index (χ3v) is 3.09. The Balaban J connectivity index is 2.36. The molecule has 8 nitrogen and oxygen atoms in total. The van der Waals surface area contributed by atoms with Crippen LogP contribution in [0.15, 0.2) is 0 Å². The number of nitrogens with one attached hydrogen (secondary N) is 2. The molecule has 2 amide bonds. The Morgan fingerprint density at radius 1 is 1.82 bits per heavy atom. The number of carbonyl (C=O) groups excluding carboxylic acids is 2. The van der Waals surface area contributed by atoms with Gasteiger partial charge in [0.05, 0.1) is 6.04 Å². The van der Waals surface area contributed by atoms with Crippen LogP contribution in [0.3, 0.4) is 0 Å². The van der Waals surface area contributed by atoms with Crippen LogP contribution in [0, 0.1) is 10.1 Å². The third kappa shape index (κ3) is 4.47. The van der Waals surface area contributed by atoms with Crippen molar-refractivity contribution in [2.24, 2.45) is 0 Å². The van der Waals surface area contributed by atoms with Crippen molar-refractivity contribution in [1.29, 1.82) is 0 Å². The van der Waals surface area contributed by atoms with Crippen molar-refractivity contribution in [1.82, 2.24) is 10.6 Å². The van der Waals surface area contributed by atoms with Crippen LogP contribution < -0.4 is 10.6 Å². The van der Waals surface area contributed by atoms with Crippen LogP contribution >= 0.6 is 11.8 Å². The molecule has 0 aromatic carbocycles. The average Bonchev–Trinajstić information content (AvgIpc) is 2.70. The lowest BCUT2D eigenvalue weighted by Gasteiger charge is -2.18. The van der Waals surface area contributed by atoms with E-state index >= 15 is 0 Å². The van der Waals surface area contributed by atoms with Crippen LogP contribution in [0.1, 0.15) is 13.3 Å². The lowest BCUT2D eigenvalue weighted by molar-refractivity contribution is -0.758. The van der Waals surface area contributed by atoms with E-state index in [9.17, 15) is 19.7 Å². The van der Waals surface area contributed by atoms with E-state index in [-0.39, 0.29) is 17.8 Å². The number of hydrogen-bond acceptors (Lipinski definition) is 6. The summed E-state index contributed by atoms with van der Waals surface area (Å²) in [4.78, 5) is 36.7. The van der Waals surface area contributed by atoms with E-state index in [2.05, 4.69) is 15.5 Å². The summed E-state index contributed by atoms with van der Waals surface area (Å²) in [6.07, 6.45) is 0.507. The Morgan fingerprint density at radius 3 is 3.00 bits per heavy atom. The molecule has 1 fully saturated rings. The predicted octanol–water partition coefficient (Wildman–Crippen LogP) is -0.0855. The molecule has 1 rings (SSSR count). The fraction of sp³-hybridized carbons (Fsp3) is 0.750. The molecule has 1 heterocycles. The van der Waals surface area contributed by atoms with E-state index in [1.54, 1.807) is 6.92 Å². The van der Waals surface area contributed by atoms with Gasteiger partial charge in [-0.2, -0.15) is 0 Å². The quantitative estimate of drug-likeness (QED) is 0.512. The molecule has 0 unspecified atom stereocenters. The number of hydrogen-bond donors (Lipinski definition) is 2. The number of rotatable bonds is 6. The number of nitrogens with zero attached hydrogens (tertiary/aromatic N) is 1. The number of carbonyl (C=O) groups is 2. The first-order chi connectivity index (χ1) is 8.02. The summed E-state index contributed by atoms with van der Waals surface area (Å²) in [5.74, 6) is 0.0270. The van der Waals surface area contributed by atoms with E-state index in [0.717, 1.165) is 11.8 Å². The van der Waals surface area contributed by atoms with Gasteiger partial charge in [-0.15, -0.1) is 10.1 Å². The van der Waals surface area contributed by atoms with Gasteiger partial charge in [-0.05, 0) is 6.42 Å². The van der Waals surface area contributed by atoms with Gasteiger partial charge in [-0.3, -0.25) is 9.59 Å². The molecular weight excluding hydrogens is 250 g/mol. The van der Waals surface area contributed by atoms with Crippen molar-refractivity contribution in [3.8, 4) is 0 Å². The second kappa shape index (κ2) is 6.28. The molecule has 2 N–H and O–H groups in total. The fourth-order valence-corrected chi connectivity index (χ4v) is 2.02. The van der Waals surface area contributed by atoms with Gasteiger partial charge in [-0.25, -0.2) is 0 Å². The molecule has 0 bridgehead atoms. The monoisotopic (exact) mass is 263 g/mol. The van der Waals surface area contributed by atoms with Crippen LogP contribution in [0.25, 0.3) is 0 Å². The Bertz CT molecular complexity index is 324. The first kappa shape index (κ1) is 13.6. The normalized spacial score (nSPS) is 20.5. The largest absolute Gasteiger partial charge is 0.350 e. The first-order valence-electron chi connectivity index (χ1n) is 5.04. The van der Waals surface area contributed by atoms with Crippen LogP contribution in [0.2, 0.25) is 0 Å². The SMILES string of the molecule is CC[C@@H](CO[N+](=O)[O-])NC(=O)[C@@H]1CSC(=O)N1. The minimum Gasteiger partial charge on any atom is -0.350 e. The van der Waals surface area contributed by atoms with Crippen LogP contribution in [0.4, 0.5) is 4.79 Å². The van der Waals surface area contributed by atoms with Gasteiger partial charge in [0.15, 0.2) is 0 Å². The maximum Gasteiger partial charge on any atom is 0.294 e. The van der Waals surface area contributed by atoms with Gasteiger partial charge in [0.2, 0.25) is 5.91 Å². The third-order valence-electron chi connectivity index (χ3n) is 2.21. The topological polar surface area (TPSA) is 111 Å². The second-order valence-electron chi connectivity index (χ2n) is 3.43. The van der Waals surface area contributed by atoms with Crippen molar-refractivity contribution in [2.75, 3.05) is 12.4 Å². The van der Waals surface area contributed by atoms with Crippen molar-refractivity contribution < 1.29 is 19.5 Å². The lowest BCUT2D eigenvalue weighted by Crippen LogP contribution is -2.48. The summed E-state index contributed by atoms with van der Waals surface area (Å²) >= 11 is 1.04. The van der Waals surface area contributed by atoms with Gasteiger partial charge >= 0.3 is 0 Å². The summed E-state index contributed by atoms with van der Waals surface area (Å²) < 4.78 is 0. The van der Waals surface area contributed by atoms with E-state index in [4.69, 9.17) is 0 Å². The van der Waals surface area contributed by atoms with E-state index in [0.29, 0.717) is 12.2 Å². The van der Waals surface area contributed by atoms with Crippen LogP contribution in [-0.2, 0) is 9.63 Å². The molecule has 0 saturated carbocycles. The Hall–Kier alpha value is -1.51. The van der Waals surface area contributed by atoms with Gasteiger partial charge in [0.1, 0.15) is 12.6 Å². The standard InChI is InChI=1S/C8H13N3O5S/c1-2-5(3-16-11(14)15)9-7(12)6-4-17-8(13)10-6/h5-6H,2-4H2,1H3,(H,9,12)(H,10,13)/t5-,6-/m0/s1. The molecule has 0 radical (unpaired) electrons. The van der Waals surface area contributed by atoms with Crippen molar-refractivity contribution >= 4 is 22.9 Å². The van der Waals surface area contributed by atoms with Gasteiger partial charge in [-0.1, -0.05) is 18.7 Å². The highest BCUT2D eigenvalue weighted by molar-refractivity contribution is 8.14. The van der Waals surface area contributed by atoms with Crippen LogP contribution in [-0.4, -0.2) is 40.7 Å². The van der Waals surface area contributed by atoms with Crippen molar-refractivity contribution in [3.63, 3.8) is 0 Å². The summed E-state index contributed by atoms with van der Waals surface area (Å²) in [5.41, 5.74) is 0. The number of amides is 2. The Morgan fingerprint density at radius 2 is 2.53 bits per heavy atom. The second-order valence-corrected chi connectivity index (χ2v) is 4.42. The fourth-order valence-electron chi connectivity index (χ4n) is 1.24. The molecule has 17 heavy (non-hydrogen) atoms. The number of thioether (sulfide) groups is 1. The maximum atomic E-state index is 11.6. The van der Waals surface area contributed by atoms with E-state index in [1.807, 2.05) is 0 Å². The highest BCUT2D eigenvalue weighted by Crippen LogP contribution is 2.13. The molecule has 0 aromatic heterocycles. The molecule has 1 aliphatic rings. The first-order valence-corrected chi connectivity index (χ1v) is 6.02. The molecule has 1 aliphatic heterocycles. The maximum absolute atomic E-state index is 11.6. The van der Waals surface area contributed by atoms with E-state index in [1.165, 1.54) is 0 Å². The molecule has 1 saturated heterocycles. The van der Waals surface area contributed by atoms with E-state index < -0.39 is 17.2 Å². The zero-order valence-electron chi connectivity index (χ0n) is 9.17. The lowest BCUT2D eigenvalue weighted by atomic mass is 10.2. The highest BCUT2D eigenvalue weighted by Gasteiger charge is 2.29. The van der Waals surface area contributed by atoms with Crippen LogP contribution in [0.5, 0.6) is 0 Å². The highest BCUT2D eigenvalue weighted by atomic mass is 32.2. The van der Waals surface area contributed by atoms with Crippen molar-refractivity contribution in [2.45, 2.75) is 25.4 Å². The summed E-state index contributed by atoms with van der Waals surface area (Å²) in [7, 11) is 0. The Kier molecular flexibility index (Phi) is 5.01. The summed E-state index contributed by atoms with van der Waals surface area (Å²) in [5, 5.41) is 14.0. The van der Waals surface area contributed by atoms with Gasteiger partial charge in [0, 0.05) is 5.75 Å². The molecule has 96 valence electrons.